The summed E-state index contributed by atoms with van der Waals surface area (Å²) in [6.07, 6.45) is -1.28. The number of fused-ring (bicyclic) bond motifs is 1. The first kappa shape index (κ1) is 25.6. The molecular formula is C23H26F2N2O6S. The summed E-state index contributed by atoms with van der Waals surface area (Å²) in [6, 6.07) is 6.56. The molecule has 3 rings (SSSR count). The molecule has 0 aliphatic rings. The molecule has 0 spiro atoms. The largest absolute Gasteiger partial charge is 0.444 e. The standard InChI is InChI=1S/C23H26F2N2O6S/c1-13-5-7-14(8-6-13)34(30,31)32-12-18(27-22(29)33-23(2,3)4)21(28)16-11-17(24)19(25)15-9-10-26-20(15)16/h5-11,18,21,26,28H,12H2,1-4H3,(H,27,29)/t18-,21?/m0/s1. The topological polar surface area (TPSA) is 118 Å². The third-order valence-electron chi connectivity index (χ3n) is 4.88. The number of aromatic amines is 1. The molecule has 3 N–H and O–H groups in total. The van der Waals surface area contributed by atoms with Crippen LogP contribution in [-0.4, -0.2) is 42.9 Å². The van der Waals surface area contributed by atoms with Crippen molar-refractivity contribution < 1.29 is 36.0 Å². The molecule has 0 saturated carbocycles. The first-order chi connectivity index (χ1) is 15.8. The maximum atomic E-state index is 14.2. The monoisotopic (exact) mass is 496 g/mol. The van der Waals surface area contributed by atoms with Crippen molar-refractivity contribution in [1.29, 1.82) is 0 Å². The van der Waals surface area contributed by atoms with Crippen LogP contribution in [0, 0.1) is 18.6 Å². The molecule has 3 aromatic rings. The Morgan fingerprint density at radius 1 is 1.18 bits per heavy atom. The molecule has 1 unspecified atom stereocenters. The molecule has 0 bridgehead atoms. The molecule has 184 valence electrons. The third-order valence-corrected chi connectivity index (χ3v) is 6.17. The Morgan fingerprint density at radius 2 is 1.82 bits per heavy atom. The first-order valence-corrected chi connectivity index (χ1v) is 11.8. The van der Waals surface area contributed by atoms with Crippen LogP contribution in [0.2, 0.25) is 0 Å². The highest BCUT2D eigenvalue weighted by molar-refractivity contribution is 7.86. The smallest absolute Gasteiger partial charge is 0.408 e. The molecule has 0 aliphatic carbocycles. The summed E-state index contributed by atoms with van der Waals surface area (Å²) < 4.78 is 63.9. The zero-order valence-corrected chi connectivity index (χ0v) is 19.9. The maximum absolute atomic E-state index is 14.2. The van der Waals surface area contributed by atoms with Crippen LogP contribution in [0.4, 0.5) is 13.6 Å². The molecule has 34 heavy (non-hydrogen) atoms. The third kappa shape index (κ3) is 5.91. The van der Waals surface area contributed by atoms with Crippen LogP contribution >= 0.6 is 0 Å². The number of ether oxygens (including phenoxy) is 1. The van der Waals surface area contributed by atoms with Gasteiger partial charge in [-0.2, -0.15) is 8.42 Å². The number of carbonyl (C=O) groups excluding carboxylic acids is 1. The summed E-state index contributed by atoms with van der Waals surface area (Å²) in [5.41, 5.74) is -0.0597. The maximum Gasteiger partial charge on any atom is 0.408 e. The number of aromatic nitrogens is 1. The van der Waals surface area contributed by atoms with Gasteiger partial charge in [0.1, 0.15) is 11.7 Å². The first-order valence-electron chi connectivity index (χ1n) is 10.4. The van der Waals surface area contributed by atoms with Crippen molar-refractivity contribution in [2.45, 2.75) is 50.3 Å². The average molecular weight is 497 g/mol. The number of H-pyrrole nitrogens is 1. The molecule has 0 fully saturated rings. The lowest BCUT2D eigenvalue weighted by molar-refractivity contribution is 0.0371. The van der Waals surface area contributed by atoms with E-state index in [0.717, 1.165) is 11.6 Å². The molecule has 1 heterocycles. The van der Waals surface area contributed by atoms with Gasteiger partial charge in [0.25, 0.3) is 10.1 Å². The predicted octanol–water partition coefficient (Wildman–Crippen LogP) is 4.09. The second-order valence-electron chi connectivity index (χ2n) is 8.78. The van der Waals surface area contributed by atoms with Gasteiger partial charge >= 0.3 is 6.09 Å². The van der Waals surface area contributed by atoms with Gasteiger partial charge in [0.15, 0.2) is 11.6 Å². The Balaban J connectivity index is 1.92. The van der Waals surface area contributed by atoms with Crippen molar-refractivity contribution >= 4 is 27.1 Å². The summed E-state index contributed by atoms with van der Waals surface area (Å²) in [7, 11) is -4.25. The minimum atomic E-state index is -4.25. The van der Waals surface area contributed by atoms with Crippen molar-refractivity contribution in [2.24, 2.45) is 0 Å². The van der Waals surface area contributed by atoms with Gasteiger partial charge in [0.2, 0.25) is 0 Å². The number of nitrogens with one attached hydrogen (secondary N) is 2. The number of rotatable bonds is 7. The predicted molar refractivity (Wildman–Crippen MR) is 121 cm³/mol. The summed E-state index contributed by atoms with van der Waals surface area (Å²) in [5.74, 6) is -2.33. The van der Waals surface area contributed by atoms with Crippen LogP contribution in [0.15, 0.2) is 47.5 Å². The van der Waals surface area contributed by atoms with Crippen molar-refractivity contribution in [3.8, 4) is 0 Å². The molecular weight excluding hydrogens is 470 g/mol. The summed E-state index contributed by atoms with van der Waals surface area (Å²) in [6.45, 7) is 5.94. The van der Waals surface area contributed by atoms with Crippen molar-refractivity contribution in [2.75, 3.05) is 6.61 Å². The Bertz CT molecular complexity index is 1280. The molecule has 1 amide bonds. The van der Waals surface area contributed by atoms with E-state index in [0.29, 0.717) is 0 Å². The number of hydrogen-bond acceptors (Lipinski definition) is 6. The van der Waals surface area contributed by atoms with Gasteiger partial charge in [-0.3, -0.25) is 4.18 Å². The summed E-state index contributed by atoms with van der Waals surface area (Å²) >= 11 is 0. The Hall–Kier alpha value is -3.02. The van der Waals surface area contributed by atoms with Crippen LogP contribution in [0.3, 0.4) is 0 Å². The lowest BCUT2D eigenvalue weighted by Crippen LogP contribution is -2.45. The summed E-state index contributed by atoms with van der Waals surface area (Å²) in [4.78, 5) is 15.0. The van der Waals surface area contributed by atoms with Gasteiger partial charge in [-0.15, -0.1) is 0 Å². The molecule has 2 atom stereocenters. The number of alkyl carbamates (subject to hydrolysis) is 1. The molecule has 11 heteroatoms. The molecule has 0 aliphatic heterocycles. The molecule has 0 saturated heterocycles. The second-order valence-corrected chi connectivity index (χ2v) is 10.4. The quantitative estimate of drug-likeness (QED) is 0.424. The SMILES string of the molecule is Cc1ccc(S(=O)(=O)OC[C@H](NC(=O)OC(C)(C)C)C(O)c2cc(F)c(F)c3cc[nH]c23)cc1. The van der Waals surface area contributed by atoms with Gasteiger partial charge < -0.3 is 20.1 Å². The lowest BCUT2D eigenvalue weighted by atomic mass is 10.00. The van der Waals surface area contributed by atoms with Gasteiger partial charge in [-0.05, 0) is 52.0 Å². The Kier molecular flexibility index (Phi) is 7.29. The average Bonchev–Trinajstić information content (AvgIpc) is 3.22. The Morgan fingerprint density at radius 3 is 2.44 bits per heavy atom. The normalized spacial score (nSPS) is 14.1. The zero-order valence-electron chi connectivity index (χ0n) is 19.1. The van der Waals surface area contributed by atoms with E-state index in [4.69, 9.17) is 8.92 Å². The fourth-order valence-electron chi connectivity index (χ4n) is 3.25. The fraction of sp³-hybridized carbons (Fsp3) is 0.348. The highest BCUT2D eigenvalue weighted by Crippen LogP contribution is 2.30. The number of benzene rings is 2. The van der Waals surface area contributed by atoms with E-state index < -0.39 is 52.2 Å². The molecule has 0 radical (unpaired) electrons. The zero-order chi connectivity index (χ0) is 25.3. The molecule has 8 nitrogen and oxygen atoms in total. The van der Waals surface area contributed by atoms with Gasteiger partial charge in [0, 0.05) is 17.1 Å². The van der Waals surface area contributed by atoms with E-state index in [-0.39, 0.29) is 21.4 Å². The summed E-state index contributed by atoms with van der Waals surface area (Å²) in [5, 5.41) is 13.3. The van der Waals surface area contributed by atoms with Crippen LogP contribution in [0.5, 0.6) is 0 Å². The van der Waals surface area contributed by atoms with Crippen molar-refractivity contribution in [1.82, 2.24) is 10.3 Å². The van der Waals surface area contributed by atoms with Crippen LogP contribution in [-0.2, 0) is 19.0 Å². The van der Waals surface area contributed by atoms with E-state index in [1.165, 1.54) is 24.4 Å². The van der Waals surface area contributed by atoms with Crippen LogP contribution < -0.4 is 5.32 Å². The second kappa shape index (κ2) is 9.69. The van der Waals surface area contributed by atoms with Gasteiger partial charge in [0.05, 0.1) is 23.1 Å². The number of aryl methyl sites for hydroxylation is 1. The van der Waals surface area contributed by atoms with E-state index in [1.807, 2.05) is 0 Å². The number of hydrogen-bond donors (Lipinski definition) is 3. The van der Waals surface area contributed by atoms with Gasteiger partial charge in [-0.1, -0.05) is 17.7 Å². The van der Waals surface area contributed by atoms with Crippen molar-refractivity contribution in [3.05, 3.63) is 65.4 Å². The molecule has 2 aromatic carbocycles. The highest BCUT2D eigenvalue weighted by Gasteiger charge is 2.31. The lowest BCUT2D eigenvalue weighted by Gasteiger charge is -2.27. The fourth-order valence-corrected chi connectivity index (χ4v) is 4.18. The van der Waals surface area contributed by atoms with E-state index >= 15 is 0 Å². The highest BCUT2D eigenvalue weighted by atomic mass is 32.2. The number of aliphatic hydroxyl groups excluding tert-OH is 1. The number of amides is 1. The number of halogens is 2. The Labute approximate surface area is 196 Å². The van der Waals surface area contributed by atoms with E-state index in [1.54, 1.807) is 39.8 Å². The van der Waals surface area contributed by atoms with E-state index in [2.05, 4.69) is 10.3 Å². The molecule has 1 aromatic heterocycles. The number of carbonyl (C=O) groups is 1. The van der Waals surface area contributed by atoms with E-state index in [9.17, 15) is 27.1 Å². The van der Waals surface area contributed by atoms with Gasteiger partial charge in [-0.25, -0.2) is 13.6 Å². The van der Waals surface area contributed by atoms with Crippen LogP contribution in [0.25, 0.3) is 10.9 Å². The minimum absolute atomic E-state index is 0.0868. The minimum Gasteiger partial charge on any atom is -0.444 e. The number of aliphatic hydroxyl groups is 1. The van der Waals surface area contributed by atoms with Crippen molar-refractivity contribution in [3.63, 3.8) is 0 Å². The van der Waals surface area contributed by atoms with Crippen LogP contribution in [0.1, 0.15) is 38.0 Å².